The van der Waals surface area contributed by atoms with Crippen LogP contribution in [0.25, 0.3) is 10.9 Å². The molecule has 5 nitrogen and oxygen atoms in total. The second-order valence-electron chi connectivity index (χ2n) is 7.02. The highest BCUT2D eigenvalue weighted by atomic mass is 16.2. The number of carbonyl (C=O) groups excluding carboxylic acids is 1. The first kappa shape index (κ1) is 15.7. The number of nitrogens with two attached hydrogens (primary N) is 1. The van der Waals surface area contributed by atoms with Crippen molar-refractivity contribution in [1.29, 1.82) is 0 Å². The summed E-state index contributed by atoms with van der Waals surface area (Å²) >= 11 is 0. The quantitative estimate of drug-likeness (QED) is 0.915. The van der Waals surface area contributed by atoms with Gasteiger partial charge >= 0.3 is 0 Å². The molecule has 0 radical (unpaired) electrons. The Hall–Kier alpha value is -2.14. The van der Waals surface area contributed by atoms with E-state index in [4.69, 9.17) is 5.73 Å². The van der Waals surface area contributed by atoms with E-state index in [0.29, 0.717) is 18.5 Å². The number of nitrogens with zero attached hydrogens (tertiary/aromatic N) is 2. The second kappa shape index (κ2) is 5.81. The van der Waals surface area contributed by atoms with Crippen molar-refractivity contribution in [3.8, 4) is 0 Å². The van der Waals surface area contributed by atoms with Gasteiger partial charge in [0.2, 0.25) is 5.91 Å². The van der Waals surface area contributed by atoms with Crippen LogP contribution in [-0.4, -0.2) is 34.5 Å². The van der Waals surface area contributed by atoms with Crippen LogP contribution in [0, 0.1) is 5.41 Å². The SMILES string of the molecule is CC1(C)CN(C(=O)Cn2ccc(=O)c3ccccc32)CCC1N. The molecule has 1 fully saturated rings. The van der Waals surface area contributed by atoms with Gasteiger partial charge in [-0.05, 0) is 24.0 Å². The van der Waals surface area contributed by atoms with Gasteiger partial charge in [0.15, 0.2) is 5.43 Å². The lowest BCUT2D eigenvalue weighted by Gasteiger charge is -2.42. The summed E-state index contributed by atoms with van der Waals surface area (Å²) in [4.78, 5) is 26.5. The van der Waals surface area contributed by atoms with Gasteiger partial charge in [-0.15, -0.1) is 0 Å². The summed E-state index contributed by atoms with van der Waals surface area (Å²) < 4.78 is 1.85. The Labute approximate surface area is 135 Å². The fourth-order valence-corrected chi connectivity index (χ4v) is 3.23. The van der Waals surface area contributed by atoms with Crippen molar-refractivity contribution in [2.75, 3.05) is 13.1 Å². The number of hydrogen-bond acceptors (Lipinski definition) is 3. The van der Waals surface area contributed by atoms with Crippen LogP contribution in [0.4, 0.5) is 0 Å². The van der Waals surface area contributed by atoms with Gasteiger partial charge in [-0.2, -0.15) is 0 Å². The van der Waals surface area contributed by atoms with Gasteiger partial charge in [0.05, 0.1) is 5.52 Å². The van der Waals surface area contributed by atoms with Crippen LogP contribution in [0.5, 0.6) is 0 Å². The molecule has 1 aliphatic heterocycles. The van der Waals surface area contributed by atoms with Crippen molar-refractivity contribution in [1.82, 2.24) is 9.47 Å². The van der Waals surface area contributed by atoms with E-state index in [9.17, 15) is 9.59 Å². The molecular weight excluding hydrogens is 290 g/mol. The molecule has 0 bridgehead atoms. The standard InChI is InChI=1S/C18H23N3O2/c1-18(2)12-21(10-8-16(18)19)17(23)11-20-9-7-15(22)13-5-3-4-6-14(13)20/h3-7,9,16H,8,10-12,19H2,1-2H3. The fraction of sp³-hybridized carbons (Fsp3) is 0.444. The molecule has 0 spiro atoms. The number of likely N-dealkylation sites (tertiary alicyclic amines) is 1. The largest absolute Gasteiger partial charge is 0.340 e. The van der Waals surface area contributed by atoms with Gasteiger partial charge in [-0.1, -0.05) is 26.0 Å². The normalized spacial score (nSPS) is 20.7. The number of benzene rings is 1. The Balaban J connectivity index is 1.84. The average Bonchev–Trinajstić information content (AvgIpc) is 2.53. The van der Waals surface area contributed by atoms with E-state index in [0.717, 1.165) is 11.9 Å². The molecule has 0 aliphatic carbocycles. The molecule has 1 atom stereocenters. The molecule has 1 aromatic carbocycles. The highest BCUT2D eigenvalue weighted by Gasteiger charge is 2.35. The van der Waals surface area contributed by atoms with Gasteiger partial charge in [-0.25, -0.2) is 0 Å². The van der Waals surface area contributed by atoms with Crippen LogP contribution in [0.1, 0.15) is 20.3 Å². The Bertz CT molecular complexity index is 794. The predicted octanol–water partition coefficient (Wildman–Crippen LogP) is 1.59. The van der Waals surface area contributed by atoms with Crippen LogP contribution < -0.4 is 11.2 Å². The summed E-state index contributed by atoms with van der Waals surface area (Å²) in [6, 6.07) is 9.03. The maximum Gasteiger partial charge on any atom is 0.242 e. The van der Waals surface area contributed by atoms with Crippen LogP contribution in [0.15, 0.2) is 41.3 Å². The number of rotatable bonds is 2. The smallest absolute Gasteiger partial charge is 0.242 e. The monoisotopic (exact) mass is 313 g/mol. The molecule has 3 rings (SSSR count). The van der Waals surface area contributed by atoms with Crippen molar-refractivity contribution in [3.05, 3.63) is 46.8 Å². The van der Waals surface area contributed by atoms with Crippen LogP contribution >= 0.6 is 0 Å². The molecule has 1 unspecified atom stereocenters. The van der Waals surface area contributed by atoms with E-state index in [2.05, 4.69) is 13.8 Å². The molecule has 2 heterocycles. The minimum Gasteiger partial charge on any atom is -0.340 e. The second-order valence-corrected chi connectivity index (χ2v) is 7.02. The Kier molecular flexibility index (Phi) is 3.98. The number of pyridine rings is 1. The van der Waals surface area contributed by atoms with Crippen molar-refractivity contribution in [2.45, 2.75) is 32.9 Å². The third kappa shape index (κ3) is 3.01. The van der Waals surface area contributed by atoms with Gasteiger partial charge in [-0.3, -0.25) is 9.59 Å². The van der Waals surface area contributed by atoms with Crippen LogP contribution in [-0.2, 0) is 11.3 Å². The van der Waals surface area contributed by atoms with Gasteiger partial charge < -0.3 is 15.2 Å². The summed E-state index contributed by atoms with van der Waals surface area (Å²) in [5, 5.41) is 0.642. The van der Waals surface area contributed by atoms with E-state index < -0.39 is 0 Å². The maximum absolute atomic E-state index is 12.7. The first-order chi connectivity index (χ1) is 10.9. The maximum atomic E-state index is 12.7. The summed E-state index contributed by atoms with van der Waals surface area (Å²) in [7, 11) is 0. The molecule has 5 heteroatoms. The number of para-hydroxylation sites is 1. The van der Waals surface area contributed by atoms with Gasteiger partial charge in [0.1, 0.15) is 6.54 Å². The Morgan fingerprint density at radius 1 is 1.30 bits per heavy atom. The van der Waals surface area contributed by atoms with Crippen LogP contribution in [0.3, 0.4) is 0 Å². The Morgan fingerprint density at radius 3 is 2.78 bits per heavy atom. The van der Waals surface area contributed by atoms with Crippen molar-refractivity contribution in [3.63, 3.8) is 0 Å². The number of carbonyl (C=O) groups is 1. The number of fused-ring (bicyclic) bond motifs is 1. The van der Waals surface area contributed by atoms with Crippen molar-refractivity contribution < 1.29 is 4.79 Å². The van der Waals surface area contributed by atoms with Crippen molar-refractivity contribution in [2.24, 2.45) is 11.1 Å². The zero-order chi connectivity index (χ0) is 16.6. The summed E-state index contributed by atoms with van der Waals surface area (Å²) in [5.41, 5.74) is 6.84. The molecule has 1 aromatic heterocycles. The van der Waals surface area contributed by atoms with E-state index in [1.54, 1.807) is 12.3 Å². The van der Waals surface area contributed by atoms with E-state index in [1.807, 2.05) is 27.7 Å². The summed E-state index contributed by atoms with van der Waals surface area (Å²) in [6.45, 7) is 5.82. The van der Waals surface area contributed by atoms with E-state index >= 15 is 0 Å². The first-order valence-corrected chi connectivity index (χ1v) is 8.00. The summed E-state index contributed by atoms with van der Waals surface area (Å²) in [6.07, 6.45) is 2.52. The van der Waals surface area contributed by atoms with E-state index in [-0.39, 0.29) is 29.3 Å². The zero-order valence-electron chi connectivity index (χ0n) is 13.7. The lowest BCUT2D eigenvalue weighted by molar-refractivity contribution is -0.135. The highest BCUT2D eigenvalue weighted by molar-refractivity contribution is 5.82. The molecule has 0 saturated carbocycles. The molecule has 2 N–H and O–H groups in total. The molecule has 23 heavy (non-hydrogen) atoms. The van der Waals surface area contributed by atoms with Gasteiger partial charge in [0, 0.05) is 36.8 Å². The number of aromatic nitrogens is 1. The number of hydrogen-bond donors (Lipinski definition) is 1. The predicted molar refractivity (Wildman–Crippen MR) is 91.2 cm³/mol. The summed E-state index contributed by atoms with van der Waals surface area (Å²) in [5.74, 6) is 0.0683. The van der Waals surface area contributed by atoms with Crippen LogP contribution in [0.2, 0.25) is 0 Å². The molecule has 2 aromatic rings. The molecular formula is C18H23N3O2. The van der Waals surface area contributed by atoms with Gasteiger partial charge in [0.25, 0.3) is 0 Å². The third-order valence-corrected chi connectivity index (χ3v) is 4.86. The average molecular weight is 313 g/mol. The first-order valence-electron chi connectivity index (χ1n) is 8.00. The zero-order valence-corrected chi connectivity index (χ0v) is 13.7. The van der Waals surface area contributed by atoms with E-state index in [1.165, 1.54) is 6.07 Å². The van der Waals surface area contributed by atoms with Crippen molar-refractivity contribution >= 4 is 16.8 Å². The molecule has 1 amide bonds. The highest BCUT2D eigenvalue weighted by Crippen LogP contribution is 2.27. The minimum atomic E-state index is -0.0699. The Morgan fingerprint density at radius 2 is 2.04 bits per heavy atom. The number of piperidine rings is 1. The molecule has 122 valence electrons. The lowest BCUT2D eigenvalue weighted by Crippen LogP contribution is -2.54. The lowest BCUT2D eigenvalue weighted by atomic mass is 9.79. The fourth-order valence-electron chi connectivity index (χ4n) is 3.23. The third-order valence-electron chi connectivity index (χ3n) is 4.86. The molecule has 1 saturated heterocycles. The number of amides is 1. The molecule has 1 aliphatic rings. The topological polar surface area (TPSA) is 68.3 Å². The minimum absolute atomic E-state index is 0.0191.